The first kappa shape index (κ1) is 13.4. The van der Waals surface area contributed by atoms with E-state index in [4.69, 9.17) is 10.2 Å². The number of carboxylic acids is 2. The largest absolute Gasteiger partial charge is 0.478 e. The fourth-order valence-electron chi connectivity index (χ4n) is 2.10. The van der Waals surface area contributed by atoms with Gasteiger partial charge in [0.15, 0.2) is 5.71 Å². The van der Waals surface area contributed by atoms with Crippen molar-refractivity contribution in [2.24, 2.45) is 10.4 Å². The molecule has 17 heavy (non-hydrogen) atoms. The van der Waals surface area contributed by atoms with E-state index in [-0.39, 0.29) is 22.7 Å². The summed E-state index contributed by atoms with van der Waals surface area (Å²) in [5, 5.41) is 18.0. The van der Waals surface area contributed by atoms with E-state index in [1.807, 2.05) is 20.8 Å². The van der Waals surface area contributed by atoms with Gasteiger partial charge in [0.1, 0.15) is 0 Å². The van der Waals surface area contributed by atoms with Crippen molar-refractivity contribution >= 4 is 17.7 Å². The van der Waals surface area contributed by atoms with Gasteiger partial charge in [0.2, 0.25) is 0 Å². The first-order valence-corrected chi connectivity index (χ1v) is 5.63. The third-order valence-corrected chi connectivity index (χ3v) is 3.36. The average Bonchev–Trinajstić information content (AvgIpc) is 2.28. The third kappa shape index (κ3) is 2.38. The van der Waals surface area contributed by atoms with E-state index in [0.717, 1.165) is 6.42 Å². The zero-order valence-electron chi connectivity index (χ0n) is 10.2. The summed E-state index contributed by atoms with van der Waals surface area (Å²) in [4.78, 5) is 26.1. The number of dihydropyridines is 1. The lowest BCUT2D eigenvalue weighted by Crippen LogP contribution is -2.37. The molecule has 0 bridgehead atoms. The number of aliphatic carboxylic acids is 2. The van der Waals surface area contributed by atoms with Crippen LogP contribution in [-0.4, -0.2) is 33.9 Å². The van der Waals surface area contributed by atoms with E-state index in [0.29, 0.717) is 6.42 Å². The lowest BCUT2D eigenvalue weighted by Gasteiger charge is -2.35. The van der Waals surface area contributed by atoms with E-state index < -0.39 is 11.9 Å². The molecule has 94 valence electrons. The molecule has 0 aromatic heterocycles. The molecule has 0 amide bonds. The maximum absolute atomic E-state index is 11.1. The van der Waals surface area contributed by atoms with Crippen LogP contribution in [0, 0.1) is 5.41 Å². The van der Waals surface area contributed by atoms with Gasteiger partial charge >= 0.3 is 11.9 Å². The molecule has 2 atom stereocenters. The topological polar surface area (TPSA) is 87.0 Å². The van der Waals surface area contributed by atoms with Crippen LogP contribution in [0.15, 0.2) is 16.6 Å². The first-order chi connectivity index (χ1) is 7.85. The highest BCUT2D eigenvalue weighted by Crippen LogP contribution is 2.36. The zero-order valence-corrected chi connectivity index (χ0v) is 10.2. The van der Waals surface area contributed by atoms with Gasteiger partial charge in [0, 0.05) is 5.41 Å². The molecule has 0 radical (unpaired) electrons. The fourth-order valence-corrected chi connectivity index (χ4v) is 2.10. The molecule has 5 nitrogen and oxygen atoms in total. The number of aliphatic imine (C=N–C) groups is 1. The standard InChI is InChI=1S/C12H17NO4/c1-4-8-12(3,5-2)6-7(10(14)15)9(13-8)11(16)17/h6,8H,4-5H2,1-3H3,(H,14,15)(H,16,17). The molecular formula is C12H17NO4. The van der Waals surface area contributed by atoms with Gasteiger partial charge in [-0.1, -0.05) is 26.8 Å². The molecule has 5 heteroatoms. The van der Waals surface area contributed by atoms with E-state index in [1.54, 1.807) is 6.08 Å². The van der Waals surface area contributed by atoms with Crippen molar-refractivity contribution in [2.45, 2.75) is 39.7 Å². The van der Waals surface area contributed by atoms with Crippen molar-refractivity contribution in [1.29, 1.82) is 0 Å². The van der Waals surface area contributed by atoms with Gasteiger partial charge < -0.3 is 10.2 Å². The number of carboxylic acid groups (broad SMARTS) is 2. The highest BCUT2D eigenvalue weighted by Gasteiger charge is 2.38. The summed E-state index contributed by atoms with van der Waals surface area (Å²) in [6.07, 6.45) is 2.95. The number of hydrogen-bond donors (Lipinski definition) is 2. The molecule has 0 saturated carbocycles. The van der Waals surface area contributed by atoms with Gasteiger partial charge in [0.05, 0.1) is 11.6 Å². The maximum atomic E-state index is 11.1. The van der Waals surface area contributed by atoms with Crippen LogP contribution in [0.2, 0.25) is 0 Å². The molecule has 1 rings (SSSR count). The van der Waals surface area contributed by atoms with E-state index in [1.165, 1.54) is 0 Å². The van der Waals surface area contributed by atoms with Crippen LogP contribution in [0.5, 0.6) is 0 Å². The molecule has 2 unspecified atom stereocenters. The molecule has 2 N–H and O–H groups in total. The van der Waals surface area contributed by atoms with Crippen molar-refractivity contribution in [3.05, 3.63) is 11.6 Å². The summed E-state index contributed by atoms with van der Waals surface area (Å²) in [5.41, 5.74) is -0.927. The minimum absolute atomic E-state index is 0.179. The van der Waals surface area contributed by atoms with E-state index >= 15 is 0 Å². The lowest BCUT2D eigenvalue weighted by molar-refractivity contribution is -0.134. The third-order valence-electron chi connectivity index (χ3n) is 3.36. The Bertz CT molecular complexity index is 411. The Morgan fingerprint density at radius 2 is 1.94 bits per heavy atom. The number of carbonyl (C=O) groups is 2. The highest BCUT2D eigenvalue weighted by molar-refractivity contribution is 6.48. The second kappa shape index (κ2) is 4.69. The average molecular weight is 239 g/mol. The fraction of sp³-hybridized carbons (Fsp3) is 0.583. The molecule has 0 aliphatic carbocycles. The summed E-state index contributed by atoms with van der Waals surface area (Å²) in [5.74, 6) is -2.52. The summed E-state index contributed by atoms with van der Waals surface area (Å²) >= 11 is 0. The van der Waals surface area contributed by atoms with Crippen LogP contribution in [-0.2, 0) is 9.59 Å². The van der Waals surface area contributed by atoms with Crippen LogP contribution in [0.25, 0.3) is 0 Å². The van der Waals surface area contributed by atoms with Gasteiger partial charge in [-0.2, -0.15) is 0 Å². The van der Waals surface area contributed by atoms with Crippen molar-refractivity contribution in [1.82, 2.24) is 0 Å². The molecule has 0 aromatic rings. The first-order valence-electron chi connectivity index (χ1n) is 5.63. The van der Waals surface area contributed by atoms with Crippen LogP contribution in [0.4, 0.5) is 0 Å². The lowest BCUT2D eigenvalue weighted by atomic mass is 9.75. The number of rotatable bonds is 4. The highest BCUT2D eigenvalue weighted by atomic mass is 16.4. The molecule has 1 aliphatic heterocycles. The Labute approximate surface area is 99.9 Å². The van der Waals surface area contributed by atoms with E-state index in [2.05, 4.69) is 4.99 Å². The van der Waals surface area contributed by atoms with Gasteiger partial charge in [-0.05, 0) is 12.8 Å². The van der Waals surface area contributed by atoms with Crippen molar-refractivity contribution in [3.8, 4) is 0 Å². The molecule has 0 saturated heterocycles. The molecule has 0 spiro atoms. The van der Waals surface area contributed by atoms with Crippen LogP contribution in [0.3, 0.4) is 0 Å². The van der Waals surface area contributed by atoms with Gasteiger partial charge in [0.25, 0.3) is 0 Å². The summed E-state index contributed by atoms with van der Waals surface area (Å²) in [6, 6.07) is -0.179. The predicted octanol–water partition coefficient (Wildman–Crippen LogP) is 1.73. The minimum Gasteiger partial charge on any atom is -0.478 e. The van der Waals surface area contributed by atoms with Gasteiger partial charge in [-0.15, -0.1) is 0 Å². The molecule has 0 fully saturated rings. The zero-order chi connectivity index (χ0) is 13.2. The van der Waals surface area contributed by atoms with E-state index in [9.17, 15) is 9.59 Å². The molecule has 0 aromatic carbocycles. The predicted molar refractivity (Wildman–Crippen MR) is 63.3 cm³/mol. The van der Waals surface area contributed by atoms with Crippen molar-refractivity contribution in [3.63, 3.8) is 0 Å². The molecule has 1 heterocycles. The minimum atomic E-state index is -1.28. The normalized spacial score (nSPS) is 28.3. The second-order valence-electron chi connectivity index (χ2n) is 4.43. The van der Waals surface area contributed by atoms with Crippen LogP contribution in [0.1, 0.15) is 33.6 Å². The summed E-state index contributed by atoms with van der Waals surface area (Å²) in [6.45, 7) is 5.77. The van der Waals surface area contributed by atoms with Crippen LogP contribution < -0.4 is 0 Å². The smallest absolute Gasteiger partial charge is 0.354 e. The summed E-state index contributed by atoms with van der Waals surface area (Å²) < 4.78 is 0. The van der Waals surface area contributed by atoms with Crippen LogP contribution >= 0.6 is 0 Å². The Kier molecular flexibility index (Phi) is 3.70. The number of hydrogen-bond acceptors (Lipinski definition) is 3. The second-order valence-corrected chi connectivity index (χ2v) is 4.43. The van der Waals surface area contributed by atoms with Crippen molar-refractivity contribution in [2.75, 3.05) is 0 Å². The quantitative estimate of drug-likeness (QED) is 0.782. The summed E-state index contributed by atoms with van der Waals surface area (Å²) in [7, 11) is 0. The van der Waals surface area contributed by atoms with Gasteiger partial charge in [-0.3, -0.25) is 4.99 Å². The molecular weight excluding hydrogens is 222 g/mol. The Balaban J connectivity index is 3.31. The molecule has 1 aliphatic rings. The number of nitrogens with zero attached hydrogens (tertiary/aromatic N) is 1. The Morgan fingerprint density at radius 1 is 1.35 bits per heavy atom. The Hall–Kier alpha value is -1.65. The maximum Gasteiger partial charge on any atom is 0.354 e. The Morgan fingerprint density at radius 3 is 2.29 bits per heavy atom. The SMILES string of the molecule is CCC1N=C(C(=O)O)C(C(=O)O)=CC1(C)CC. The van der Waals surface area contributed by atoms with Crippen molar-refractivity contribution < 1.29 is 19.8 Å². The monoisotopic (exact) mass is 239 g/mol. The van der Waals surface area contributed by atoms with Gasteiger partial charge in [-0.25, -0.2) is 9.59 Å².